The fraction of sp³-hybridized carbons (Fsp3) is 0.0952. The molecule has 3 aromatic heterocycles. The molecule has 0 spiro atoms. The molecule has 0 unspecified atom stereocenters. The molecule has 4 aromatic rings. The SMILES string of the molecule is Cc1cccc2c(C(=O)NCc3cccs3)cc(-c3cccnc3)nc12. The Kier molecular flexibility index (Phi) is 4.46. The van der Waals surface area contributed by atoms with Crippen molar-refractivity contribution >= 4 is 28.1 Å². The van der Waals surface area contributed by atoms with Crippen molar-refractivity contribution < 1.29 is 4.79 Å². The van der Waals surface area contributed by atoms with E-state index < -0.39 is 0 Å². The van der Waals surface area contributed by atoms with Crippen LogP contribution in [0.4, 0.5) is 0 Å². The summed E-state index contributed by atoms with van der Waals surface area (Å²) in [6.45, 7) is 2.53. The lowest BCUT2D eigenvalue weighted by atomic mass is 10.0. The van der Waals surface area contributed by atoms with E-state index >= 15 is 0 Å². The maximum absolute atomic E-state index is 12.9. The molecule has 1 N–H and O–H groups in total. The van der Waals surface area contributed by atoms with Gasteiger partial charge in [-0.3, -0.25) is 9.78 Å². The first kappa shape index (κ1) is 16.4. The number of aryl methyl sites for hydroxylation is 1. The van der Waals surface area contributed by atoms with Crippen LogP contribution in [0.5, 0.6) is 0 Å². The Morgan fingerprint density at radius 2 is 2.08 bits per heavy atom. The normalized spacial score (nSPS) is 10.8. The lowest BCUT2D eigenvalue weighted by Gasteiger charge is -2.11. The number of pyridine rings is 2. The summed E-state index contributed by atoms with van der Waals surface area (Å²) in [5.41, 5.74) is 4.16. The number of nitrogens with one attached hydrogen (secondary N) is 1. The van der Waals surface area contributed by atoms with Gasteiger partial charge in [-0.2, -0.15) is 0 Å². The number of fused-ring (bicyclic) bond motifs is 1. The van der Waals surface area contributed by atoms with Gasteiger partial charge in [-0.15, -0.1) is 11.3 Å². The second-order valence-electron chi connectivity index (χ2n) is 6.03. The van der Waals surface area contributed by atoms with Gasteiger partial charge in [0, 0.05) is 28.2 Å². The van der Waals surface area contributed by atoms with E-state index in [2.05, 4.69) is 10.3 Å². The van der Waals surface area contributed by atoms with Gasteiger partial charge in [0.05, 0.1) is 23.3 Å². The van der Waals surface area contributed by atoms with Crippen molar-refractivity contribution in [1.29, 1.82) is 0 Å². The van der Waals surface area contributed by atoms with Crippen LogP contribution in [0.15, 0.2) is 66.3 Å². The van der Waals surface area contributed by atoms with Crippen LogP contribution in [0.3, 0.4) is 0 Å². The number of para-hydroxylation sites is 1. The summed E-state index contributed by atoms with van der Waals surface area (Å²) < 4.78 is 0. The van der Waals surface area contributed by atoms with E-state index in [9.17, 15) is 4.79 Å². The minimum absolute atomic E-state index is 0.0958. The Morgan fingerprint density at radius 1 is 1.15 bits per heavy atom. The Labute approximate surface area is 155 Å². The molecule has 3 heterocycles. The van der Waals surface area contributed by atoms with Crippen LogP contribution in [0.1, 0.15) is 20.8 Å². The molecule has 1 aromatic carbocycles. The molecule has 26 heavy (non-hydrogen) atoms. The zero-order valence-electron chi connectivity index (χ0n) is 14.3. The predicted octanol–water partition coefficient (Wildman–Crippen LogP) is 4.60. The topological polar surface area (TPSA) is 54.9 Å². The van der Waals surface area contributed by atoms with Crippen LogP contribution >= 0.6 is 11.3 Å². The number of carbonyl (C=O) groups excluding carboxylic acids is 1. The highest BCUT2D eigenvalue weighted by atomic mass is 32.1. The van der Waals surface area contributed by atoms with E-state index in [4.69, 9.17) is 4.98 Å². The third kappa shape index (κ3) is 3.21. The summed E-state index contributed by atoms with van der Waals surface area (Å²) in [5, 5.41) is 5.89. The van der Waals surface area contributed by atoms with Crippen molar-refractivity contribution in [3.05, 3.63) is 82.3 Å². The number of hydrogen-bond donors (Lipinski definition) is 1. The number of thiophene rings is 1. The van der Waals surface area contributed by atoms with E-state index in [0.717, 1.165) is 32.6 Å². The third-order valence-corrected chi connectivity index (χ3v) is 5.12. The fourth-order valence-electron chi connectivity index (χ4n) is 2.92. The Morgan fingerprint density at radius 3 is 2.85 bits per heavy atom. The molecule has 0 saturated heterocycles. The zero-order valence-corrected chi connectivity index (χ0v) is 15.1. The number of amides is 1. The Bertz CT molecular complexity index is 1060. The van der Waals surface area contributed by atoms with E-state index in [1.54, 1.807) is 23.7 Å². The molecule has 5 heteroatoms. The Balaban J connectivity index is 1.79. The van der Waals surface area contributed by atoms with Gasteiger partial charge in [0.25, 0.3) is 5.91 Å². The van der Waals surface area contributed by atoms with Crippen LogP contribution in [0, 0.1) is 6.92 Å². The molecule has 4 nitrogen and oxygen atoms in total. The average Bonchev–Trinajstić information content (AvgIpc) is 3.20. The second-order valence-corrected chi connectivity index (χ2v) is 7.06. The van der Waals surface area contributed by atoms with Crippen LogP contribution in [-0.4, -0.2) is 15.9 Å². The highest BCUT2D eigenvalue weighted by Crippen LogP contribution is 2.26. The highest BCUT2D eigenvalue weighted by molar-refractivity contribution is 7.09. The van der Waals surface area contributed by atoms with E-state index in [1.807, 2.05) is 60.8 Å². The summed E-state index contributed by atoms with van der Waals surface area (Å²) in [4.78, 5) is 23.0. The highest BCUT2D eigenvalue weighted by Gasteiger charge is 2.15. The van der Waals surface area contributed by atoms with E-state index in [-0.39, 0.29) is 5.91 Å². The van der Waals surface area contributed by atoms with Gasteiger partial charge in [-0.25, -0.2) is 4.98 Å². The molecule has 0 bridgehead atoms. The number of rotatable bonds is 4. The molecule has 0 saturated carbocycles. The fourth-order valence-corrected chi connectivity index (χ4v) is 3.56. The summed E-state index contributed by atoms with van der Waals surface area (Å²) in [5.74, 6) is -0.0958. The predicted molar refractivity (Wildman–Crippen MR) is 105 cm³/mol. The van der Waals surface area contributed by atoms with Crippen LogP contribution in [0.2, 0.25) is 0 Å². The second kappa shape index (κ2) is 7.06. The maximum atomic E-state index is 12.9. The quantitative estimate of drug-likeness (QED) is 0.579. The summed E-state index contributed by atoms with van der Waals surface area (Å²) >= 11 is 1.63. The summed E-state index contributed by atoms with van der Waals surface area (Å²) in [6.07, 6.45) is 3.49. The molecular weight excluding hydrogens is 342 g/mol. The van der Waals surface area contributed by atoms with Gasteiger partial charge in [-0.05, 0) is 42.1 Å². The van der Waals surface area contributed by atoms with Crippen LogP contribution in [0.25, 0.3) is 22.2 Å². The zero-order chi connectivity index (χ0) is 17.9. The molecule has 4 rings (SSSR count). The average molecular weight is 359 g/mol. The molecule has 0 radical (unpaired) electrons. The van der Waals surface area contributed by atoms with Crippen molar-refractivity contribution in [2.75, 3.05) is 0 Å². The molecule has 0 atom stereocenters. The van der Waals surface area contributed by atoms with Crippen LogP contribution < -0.4 is 5.32 Å². The maximum Gasteiger partial charge on any atom is 0.252 e. The van der Waals surface area contributed by atoms with Crippen molar-refractivity contribution in [3.8, 4) is 11.3 Å². The molecule has 128 valence electrons. The lowest BCUT2D eigenvalue weighted by molar-refractivity contribution is 0.0953. The molecular formula is C21H17N3OS. The standard InChI is InChI=1S/C21H17N3OS/c1-14-5-2-8-17-18(21(25)23-13-16-7-4-10-26-16)11-19(24-20(14)17)15-6-3-9-22-12-15/h2-12H,13H2,1H3,(H,23,25). The monoisotopic (exact) mass is 359 g/mol. The van der Waals surface area contributed by atoms with Gasteiger partial charge in [0.2, 0.25) is 0 Å². The largest absolute Gasteiger partial charge is 0.347 e. The number of hydrogen-bond acceptors (Lipinski definition) is 4. The minimum Gasteiger partial charge on any atom is -0.347 e. The van der Waals surface area contributed by atoms with Gasteiger partial charge in [0.1, 0.15) is 0 Å². The van der Waals surface area contributed by atoms with Crippen LogP contribution in [-0.2, 0) is 6.54 Å². The molecule has 0 aliphatic rings. The Hall–Kier alpha value is -3.05. The number of carbonyl (C=O) groups is 1. The molecule has 0 aliphatic carbocycles. The van der Waals surface area contributed by atoms with Crippen molar-refractivity contribution in [1.82, 2.24) is 15.3 Å². The number of aromatic nitrogens is 2. The lowest BCUT2D eigenvalue weighted by Crippen LogP contribution is -2.22. The summed E-state index contributed by atoms with van der Waals surface area (Å²) in [6, 6.07) is 15.6. The van der Waals surface area contributed by atoms with E-state index in [0.29, 0.717) is 12.1 Å². The summed E-state index contributed by atoms with van der Waals surface area (Å²) in [7, 11) is 0. The smallest absolute Gasteiger partial charge is 0.252 e. The molecule has 0 aliphatic heterocycles. The number of benzene rings is 1. The van der Waals surface area contributed by atoms with Crippen molar-refractivity contribution in [2.45, 2.75) is 13.5 Å². The van der Waals surface area contributed by atoms with Crippen molar-refractivity contribution in [3.63, 3.8) is 0 Å². The number of nitrogens with zero attached hydrogens (tertiary/aromatic N) is 2. The molecule has 1 amide bonds. The third-order valence-electron chi connectivity index (χ3n) is 4.25. The first-order chi connectivity index (χ1) is 12.7. The van der Waals surface area contributed by atoms with E-state index in [1.165, 1.54) is 0 Å². The van der Waals surface area contributed by atoms with Crippen molar-refractivity contribution in [2.24, 2.45) is 0 Å². The van der Waals surface area contributed by atoms with Gasteiger partial charge < -0.3 is 5.32 Å². The first-order valence-electron chi connectivity index (χ1n) is 8.34. The van der Waals surface area contributed by atoms with Gasteiger partial charge in [0.15, 0.2) is 0 Å². The minimum atomic E-state index is -0.0958. The van der Waals surface area contributed by atoms with Gasteiger partial charge >= 0.3 is 0 Å². The molecule has 0 fully saturated rings. The first-order valence-corrected chi connectivity index (χ1v) is 9.22. The van der Waals surface area contributed by atoms with Gasteiger partial charge in [-0.1, -0.05) is 24.3 Å².